The minimum absolute atomic E-state index is 0.303. The molecule has 1 N–H and O–H groups in total. The number of hydrogen-bond donors (Lipinski definition) is 1. The van der Waals surface area contributed by atoms with Crippen molar-refractivity contribution in [1.29, 1.82) is 5.26 Å². The first-order valence-corrected chi connectivity index (χ1v) is 8.93. The first kappa shape index (κ1) is 17.4. The fourth-order valence-electron chi connectivity index (χ4n) is 3.10. The van der Waals surface area contributed by atoms with E-state index >= 15 is 0 Å². The van der Waals surface area contributed by atoms with Crippen molar-refractivity contribution in [3.8, 4) is 17.3 Å². The van der Waals surface area contributed by atoms with Gasteiger partial charge in [0, 0.05) is 12.1 Å². The van der Waals surface area contributed by atoms with Gasteiger partial charge in [-0.2, -0.15) is 10.4 Å². The topological polar surface area (TPSA) is 83.6 Å². The van der Waals surface area contributed by atoms with E-state index in [1.807, 2.05) is 37.3 Å². The fourth-order valence-corrected chi connectivity index (χ4v) is 3.10. The summed E-state index contributed by atoms with van der Waals surface area (Å²) in [6.07, 6.45) is 1.66. The van der Waals surface area contributed by atoms with Crippen molar-refractivity contribution in [3.05, 3.63) is 78.0 Å². The Morgan fingerprint density at radius 3 is 2.64 bits per heavy atom. The Morgan fingerprint density at radius 2 is 1.89 bits per heavy atom. The molecule has 0 saturated carbocycles. The molecule has 0 aliphatic carbocycles. The van der Waals surface area contributed by atoms with Crippen molar-refractivity contribution in [2.24, 2.45) is 0 Å². The van der Waals surface area contributed by atoms with Crippen molar-refractivity contribution in [1.82, 2.24) is 14.8 Å². The molecule has 0 spiro atoms. The van der Waals surface area contributed by atoms with Crippen LogP contribution in [0.15, 0.2) is 66.9 Å². The van der Waals surface area contributed by atoms with Gasteiger partial charge in [-0.15, -0.1) is 0 Å². The average molecular weight is 367 g/mol. The summed E-state index contributed by atoms with van der Waals surface area (Å²) < 4.78 is 1.77. The summed E-state index contributed by atoms with van der Waals surface area (Å²) in [5, 5.41) is 17.2. The van der Waals surface area contributed by atoms with Crippen LogP contribution in [0.1, 0.15) is 22.8 Å². The SMILES string of the molecule is CCn1ncc2c(C(=O)Nc3ccccc3C#N)cc(-c3ccccc3)nc21. The predicted octanol–water partition coefficient (Wildman–Crippen LogP) is 4.24. The molecule has 6 nitrogen and oxygen atoms in total. The molecule has 0 bridgehead atoms. The van der Waals surface area contributed by atoms with Gasteiger partial charge in [-0.1, -0.05) is 42.5 Å². The minimum Gasteiger partial charge on any atom is -0.321 e. The van der Waals surface area contributed by atoms with Gasteiger partial charge in [-0.25, -0.2) is 9.67 Å². The number of amides is 1. The second kappa shape index (κ2) is 7.33. The van der Waals surface area contributed by atoms with Gasteiger partial charge in [0.25, 0.3) is 5.91 Å². The Balaban J connectivity index is 1.84. The Kier molecular flexibility index (Phi) is 4.56. The minimum atomic E-state index is -0.303. The highest BCUT2D eigenvalue weighted by Gasteiger charge is 2.18. The number of nitrogens with zero attached hydrogens (tertiary/aromatic N) is 4. The largest absolute Gasteiger partial charge is 0.321 e. The van der Waals surface area contributed by atoms with Gasteiger partial charge in [0.05, 0.1) is 34.1 Å². The molecule has 0 aliphatic heterocycles. The summed E-state index contributed by atoms with van der Waals surface area (Å²) >= 11 is 0. The lowest BCUT2D eigenvalue weighted by Crippen LogP contribution is -2.14. The number of benzene rings is 2. The van der Waals surface area contributed by atoms with Crippen LogP contribution in [0.4, 0.5) is 5.69 Å². The van der Waals surface area contributed by atoms with Crippen LogP contribution in [-0.4, -0.2) is 20.7 Å². The van der Waals surface area contributed by atoms with Crippen LogP contribution < -0.4 is 5.32 Å². The standard InChI is InChI=1S/C22H17N5O/c1-2-27-21-18(14-24-27)17(12-20(25-21)15-8-4-3-5-9-15)22(28)26-19-11-7-6-10-16(19)13-23/h3-12,14H,2H2,1H3,(H,26,28). The predicted molar refractivity (Wildman–Crippen MR) is 108 cm³/mol. The third-order valence-corrected chi connectivity index (χ3v) is 4.52. The zero-order chi connectivity index (χ0) is 19.5. The second-order valence-corrected chi connectivity index (χ2v) is 6.23. The van der Waals surface area contributed by atoms with Gasteiger partial charge in [-0.3, -0.25) is 4.79 Å². The number of para-hydroxylation sites is 1. The lowest BCUT2D eigenvalue weighted by Gasteiger charge is -2.10. The molecule has 2 aromatic carbocycles. The Morgan fingerprint density at radius 1 is 1.14 bits per heavy atom. The zero-order valence-electron chi connectivity index (χ0n) is 15.3. The Hall–Kier alpha value is -3.98. The van der Waals surface area contributed by atoms with Crippen LogP contribution in [0.3, 0.4) is 0 Å². The molecule has 0 unspecified atom stereocenters. The number of nitriles is 1. The summed E-state index contributed by atoms with van der Waals surface area (Å²) in [4.78, 5) is 17.8. The number of carbonyl (C=O) groups is 1. The number of hydrogen-bond acceptors (Lipinski definition) is 4. The first-order valence-electron chi connectivity index (χ1n) is 8.93. The van der Waals surface area contributed by atoms with Crippen LogP contribution in [0.5, 0.6) is 0 Å². The number of aryl methyl sites for hydroxylation is 1. The van der Waals surface area contributed by atoms with E-state index in [1.165, 1.54) is 0 Å². The number of nitrogens with one attached hydrogen (secondary N) is 1. The van der Waals surface area contributed by atoms with E-state index in [0.29, 0.717) is 40.1 Å². The van der Waals surface area contributed by atoms with E-state index in [2.05, 4.69) is 16.5 Å². The van der Waals surface area contributed by atoms with Gasteiger partial charge >= 0.3 is 0 Å². The maximum Gasteiger partial charge on any atom is 0.256 e. The van der Waals surface area contributed by atoms with Crippen LogP contribution >= 0.6 is 0 Å². The highest BCUT2D eigenvalue weighted by molar-refractivity contribution is 6.13. The molecular formula is C22H17N5O. The maximum absolute atomic E-state index is 13.1. The number of pyridine rings is 1. The lowest BCUT2D eigenvalue weighted by molar-refractivity contribution is 0.102. The van der Waals surface area contributed by atoms with Gasteiger partial charge < -0.3 is 5.32 Å². The van der Waals surface area contributed by atoms with Crippen LogP contribution in [0, 0.1) is 11.3 Å². The average Bonchev–Trinajstić information content (AvgIpc) is 3.17. The first-order chi connectivity index (χ1) is 13.7. The Labute approximate surface area is 162 Å². The molecule has 2 heterocycles. The number of anilines is 1. The molecule has 4 aromatic rings. The quantitative estimate of drug-likeness (QED) is 0.585. The number of aromatic nitrogens is 3. The molecule has 4 rings (SSSR count). The van der Waals surface area contributed by atoms with Crippen molar-refractivity contribution in [2.45, 2.75) is 13.5 Å². The van der Waals surface area contributed by atoms with Crippen molar-refractivity contribution < 1.29 is 4.79 Å². The zero-order valence-corrected chi connectivity index (χ0v) is 15.3. The van der Waals surface area contributed by atoms with E-state index in [1.54, 1.807) is 41.2 Å². The number of rotatable bonds is 4. The normalized spacial score (nSPS) is 10.6. The van der Waals surface area contributed by atoms with Crippen LogP contribution in [0.25, 0.3) is 22.3 Å². The molecule has 1 amide bonds. The van der Waals surface area contributed by atoms with E-state index in [-0.39, 0.29) is 5.91 Å². The third kappa shape index (κ3) is 3.10. The second-order valence-electron chi connectivity index (χ2n) is 6.23. The van der Waals surface area contributed by atoms with Crippen LogP contribution in [0.2, 0.25) is 0 Å². The third-order valence-electron chi connectivity index (χ3n) is 4.52. The molecule has 0 radical (unpaired) electrons. The highest BCUT2D eigenvalue weighted by Crippen LogP contribution is 2.26. The van der Waals surface area contributed by atoms with Crippen molar-refractivity contribution in [3.63, 3.8) is 0 Å². The summed E-state index contributed by atoms with van der Waals surface area (Å²) in [5.74, 6) is -0.303. The summed E-state index contributed by atoms with van der Waals surface area (Å²) in [5.41, 5.74) is 3.62. The molecule has 136 valence electrons. The summed E-state index contributed by atoms with van der Waals surface area (Å²) in [6, 6.07) is 20.5. The van der Waals surface area contributed by atoms with E-state index in [9.17, 15) is 10.1 Å². The maximum atomic E-state index is 13.1. The number of fused-ring (bicyclic) bond motifs is 1. The molecule has 0 fully saturated rings. The molecular weight excluding hydrogens is 350 g/mol. The highest BCUT2D eigenvalue weighted by atomic mass is 16.1. The van der Waals surface area contributed by atoms with Gasteiger partial charge in [0.2, 0.25) is 0 Å². The monoisotopic (exact) mass is 367 g/mol. The molecule has 0 atom stereocenters. The smallest absolute Gasteiger partial charge is 0.256 e. The summed E-state index contributed by atoms with van der Waals surface area (Å²) in [6.45, 7) is 2.62. The van der Waals surface area contributed by atoms with E-state index in [0.717, 1.165) is 5.56 Å². The number of carbonyl (C=O) groups excluding carboxylic acids is 1. The van der Waals surface area contributed by atoms with Crippen molar-refractivity contribution >= 4 is 22.6 Å². The van der Waals surface area contributed by atoms with Gasteiger partial charge in [0.15, 0.2) is 5.65 Å². The van der Waals surface area contributed by atoms with Gasteiger partial charge in [-0.05, 0) is 25.1 Å². The molecule has 28 heavy (non-hydrogen) atoms. The lowest BCUT2D eigenvalue weighted by atomic mass is 10.1. The van der Waals surface area contributed by atoms with E-state index in [4.69, 9.17) is 4.98 Å². The molecule has 2 aromatic heterocycles. The molecule has 6 heteroatoms. The Bertz CT molecular complexity index is 1200. The van der Waals surface area contributed by atoms with Crippen molar-refractivity contribution in [2.75, 3.05) is 5.32 Å². The van der Waals surface area contributed by atoms with Crippen LogP contribution in [-0.2, 0) is 6.54 Å². The molecule has 0 aliphatic rings. The molecule has 0 saturated heterocycles. The van der Waals surface area contributed by atoms with Gasteiger partial charge in [0.1, 0.15) is 6.07 Å². The summed E-state index contributed by atoms with van der Waals surface area (Å²) in [7, 11) is 0. The van der Waals surface area contributed by atoms with E-state index < -0.39 is 0 Å². The fraction of sp³-hybridized carbons (Fsp3) is 0.0909.